The molecule has 0 aliphatic heterocycles. The van der Waals surface area contributed by atoms with E-state index in [2.05, 4.69) is 15.8 Å². The molecule has 0 saturated carbocycles. The second kappa shape index (κ2) is 11.9. The van der Waals surface area contributed by atoms with Crippen molar-refractivity contribution in [1.29, 1.82) is 0 Å². The number of hydrogen-bond acceptors (Lipinski definition) is 7. The average Bonchev–Trinajstić information content (AvgIpc) is 2.84. The van der Waals surface area contributed by atoms with Crippen molar-refractivity contribution in [3.05, 3.63) is 83.9 Å². The third-order valence-corrected chi connectivity index (χ3v) is 4.41. The number of anilines is 2. The third kappa shape index (κ3) is 6.83. The van der Waals surface area contributed by atoms with Crippen molar-refractivity contribution >= 4 is 29.5 Å². The number of ether oxygens (including phenoxy) is 3. The number of hydrazone groups is 1. The van der Waals surface area contributed by atoms with Crippen LogP contribution in [0, 0.1) is 0 Å². The molecule has 0 atom stereocenters. The maximum Gasteiger partial charge on any atom is 0.339 e. The maximum atomic E-state index is 12.4. The van der Waals surface area contributed by atoms with E-state index in [1.807, 2.05) is 37.3 Å². The van der Waals surface area contributed by atoms with Crippen LogP contribution >= 0.6 is 0 Å². The lowest BCUT2D eigenvalue weighted by atomic mass is 10.2. The van der Waals surface area contributed by atoms with Crippen LogP contribution in [0.15, 0.2) is 77.9 Å². The number of hydrogen-bond donors (Lipinski definition) is 2. The Hall–Kier alpha value is -4.33. The summed E-state index contributed by atoms with van der Waals surface area (Å²) in [5.74, 6) is -0.0543. The van der Waals surface area contributed by atoms with Crippen molar-refractivity contribution in [2.24, 2.45) is 5.10 Å². The summed E-state index contributed by atoms with van der Waals surface area (Å²) >= 11 is 0. The van der Waals surface area contributed by atoms with Gasteiger partial charge in [0, 0.05) is 0 Å². The fourth-order valence-electron chi connectivity index (χ4n) is 2.90. The first kappa shape index (κ1) is 23.3. The SMILES string of the molecule is CCOc1cc(C=NNc2ccccc2)ccc1OCC(=O)Nc1ccccc1C(=O)OC. The highest BCUT2D eigenvalue weighted by Gasteiger charge is 2.14. The van der Waals surface area contributed by atoms with Crippen molar-refractivity contribution < 1.29 is 23.8 Å². The van der Waals surface area contributed by atoms with Crippen LogP contribution in [0.4, 0.5) is 11.4 Å². The number of benzene rings is 3. The summed E-state index contributed by atoms with van der Waals surface area (Å²) in [5.41, 5.74) is 5.23. The zero-order valence-corrected chi connectivity index (χ0v) is 18.4. The van der Waals surface area contributed by atoms with E-state index >= 15 is 0 Å². The molecule has 8 nitrogen and oxygen atoms in total. The van der Waals surface area contributed by atoms with Crippen LogP contribution in [0.5, 0.6) is 11.5 Å². The Labute approximate surface area is 192 Å². The molecule has 8 heteroatoms. The Morgan fingerprint density at radius 3 is 2.45 bits per heavy atom. The summed E-state index contributed by atoms with van der Waals surface area (Å²) in [6.07, 6.45) is 1.66. The first-order chi connectivity index (χ1) is 16.1. The minimum Gasteiger partial charge on any atom is -0.490 e. The number of methoxy groups -OCH3 is 1. The molecule has 0 bridgehead atoms. The Kier molecular flexibility index (Phi) is 8.41. The molecule has 0 heterocycles. The molecule has 0 aliphatic rings. The molecule has 0 aromatic heterocycles. The monoisotopic (exact) mass is 447 g/mol. The number of rotatable bonds is 10. The number of carbonyl (C=O) groups excluding carboxylic acids is 2. The van der Waals surface area contributed by atoms with Crippen LogP contribution in [0.3, 0.4) is 0 Å². The summed E-state index contributed by atoms with van der Waals surface area (Å²) in [4.78, 5) is 24.3. The molecule has 0 unspecified atom stereocenters. The Morgan fingerprint density at radius 1 is 0.939 bits per heavy atom. The number of esters is 1. The normalized spacial score (nSPS) is 10.5. The van der Waals surface area contributed by atoms with Crippen molar-refractivity contribution in [3.8, 4) is 11.5 Å². The maximum absolute atomic E-state index is 12.4. The van der Waals surface area contributed by atoms with Gasteiger partial charge in [0.25, 0.3) is 5.91 Å². The van der Waals surface area contributed by atoms with Gasteiger partial charge in [0.05, 0.1) is 36.9 Å². The van der Waals surface area contributed by atoms with Gasteiger partial charge in [-0.05, 0) is 55.0 Å². The largest absolute Gasteiger partial charge is 0.490 e. The number of para-hydroxylation sites is 2. The lowest BCUT2D eigenvalue weighted by molar-refractivity contribution is -0.118. The number of amides is 1. The molecule has 2 N–H and O–H groups in total. The minimum atomic E-state index is -0.538. The van der Waals surface area contributed by atoms with E-state index in [-0.39, 0.29) is 12.2 Å². The fourth-order valence-corrected chi connectivity index (χ4v) is 2.90. The van der Waals surface area contributed by atoms with E-state index in [0.717, 1.165) is 11.3 Å². The van der Waals surface area contributed by atoms with E-state index in [0.29, 0.717) is 23.8 Å². The Bertz CT molecular complexity index is 1120. The molecular weight excluding hydrogens is 422 g/mol. The first-order valence-electron chi connectivity index (χ1n) is 10.3. The second-order valence-electron chi connectivity index (χ2n) is 6.75. The summed E-state index contributed by atoms with van der Waals surface area (Å²) in [7, 11) is 1.28. The van der Waals surface area contributed by atoms with Crippen LogP contribution in [0.25, 0.3) is 0 Å². The van der Waals surface area contributed by atoms with Gasteiger partial charge < -0.3 is 19.5 Å². The zero-order chi connectivity index (χ0) is 23.5. The Balaban J connectivity index is 1.63. The standard InChI is InChI=1S/C25H25N3O5/c1-3-32-23-15-18(16-26-28-19-9-5-4-6-10-19)13-14-22(23)33-17-24(29)27-21-12-8-7-11-20(21)25(30)31-2/h4-16,28H,3,17H2,1-2H3,(H,27,29). The highest BCUT2D eigenvalue weighted by atomic mass is 16.5. The molecule has 1 amide bonds. The van der Waals surface area contributed by atoms with E-state index in [1.54, 1.807) is 48.7 Å². The van der Waals surface area contributed by atoms with Crippen molar-refractivity contribution in [2.75, 3.05) is 31.1 Å². The number of carbonyl (C=O) groups is 2. The zero-order valence-electron chi connectivity index (χ0n) is 18.4. The molecule has 0 saturated heterocycles. The predicted octanol–water partition coefficient (Wildman–Crippen LogP) is 4.34. The van der Waals surface area contributed by atoms with Crippen LogP contribution in [0.2, 0.25) is 0 Å². The van der Waals surface area contributed by atoms with Gasteiger partial charge in [0.15, 0.2) is 18.1 Å². The van der Waals surface area contributed by atoms with Crippen molar-refractivity contribution in [2.45, 2.75) is 6.92 Å². The van der Waals surface area contributed by atoms with Crippen LogP contribution < -0.4 is 20.2 Å². The predicted molar refractivity (Wildman–Crippen MR) is 127 cm³/mol. The van der Waals surface area contributed by atoms with Gasteiger partial charge in [-0.15, -0.1) is 0 Å². The molecule has 3 aromatic carbocycles. The lowest BCUT2D eigenvalue weighted by Gasteiger charge is -2.13. The summed E-state index contributed by atoms with van der Waals surface area (Å²) in [6.45, 7) is 2.02. The number of nitrogens with one attached hydrogen (secondary N) is 2. The molecule has 0 radical (unpaired) electrons. The topological polar surface area (TPSA) is 98.2 Å². The lowest BCUT2D eigenvalue weighted by Crippen LogP contribution is -2.22. The molecule has 0 aliphatic carbocycles. The van der Waals surface area contributed by atoms with Gasteiger partial charge in [-0.25, -0.2) is 4.79 Å². The van der Waals surface area contributed by atoms with Crippen molar-refractivity contribution in [1.82, 2.24) is 0 Å². The number of nitrogens with zero attached hydrogens (tertiary/aromatic N) is 1. The fraction of sp³-hybridized carbons (Fsp3) is 0.160. The quantitative estimate of drug-likeness (QED) is 0.273. The molecule has 0 fully saturated rings. The third-order valence-electron chi connectivity index (χ3n) is 4.41. The first-order valence-corrected chi connectivity index (χ1v) is 10.3. The summed E-state index contributed by atoms with van der Waals surface area (Å²) < 4.78 is 16.1. The second-order valence-corrected chi connectivity index (χ2v) is 6.75. The molecular formula is C25H25N3O5. The van der Waals surface area contributed by atoms with E-state index < -0.39 is 11.9 Å². The molecule has 33 heavy (non-hydrogen) atoms. The van der Waals surface area contributed by atoms with E-state index in [4.69, 9.17) is 14.2 Å². The molecule has 170 valence electrons. The molecule has 3 aromatic rings. The highest BCUT2D eigenvalue weighted by Crippen LogP contribution is 2.28. The van der Waals surface area contributed by atoms with Crippen LogP contribution in [-0.4, -0.2) is 38.4 Å². The summed E-state index contributed by atoms with van der Waals surface area (Å²) in [5, 5.41) is 6.89. The van der Waals surface area contributed by atoms with Crippen molar-refractivity contribution in [3.63, 3.8) is 0 Å². The van der Waals surface area contributed by atoms with Crippen LogP contribution in [-0.2, 0) is 9.53 Å². The molecule has 3 rings (SSSR count). The minimum absolute atomic E-state index is 0.260. The Morgan fingerprint density at radius 2 is 1.70 bits per heavy atom. The van der Waals surface area contributed by atoms with Gasteiger partial charge in [0.2, 0.25) is 0 Å². The van der Waals surface area contributed by atoms with E-state index in [9.17, 15) is 9.59 Å². The average molecular weight is 447 g/mol. The van der Waals surface area contributed by atoms with E-state index in [1.165, 1.54) is 7.11 Å². The highest BCUT2D eigenvalue weighted by molar-refractivity contribution is 6.01. The van der Waals surface area contributed by atoms with Gasteiger partial charge in [-0.2, -0.15) is 5.10 Å². The van der Waals surface area contributed by atoms with Gasteiger partial charge in [-0.1, -0.05) is 30.3 Å². The van der Waals surface area contributed by atoms with Gasteiger partial charge in [0.1, 0.15) is 0 Å². The summed E-state index contributed by atoms with van der Waals surface area (Å²) in [6, 6.07) is 21.5. The smallest absolute Gasteiger partial charge is 0.339 e. The van der Waals surface area contributed by atoms with Crippen LogP contribution in [0.1, 0.15) is 22.8 Å². The van der Waals surface area contributed by atoms with Gasteiger partial charge in [-0.3, -0.25) is 10.2 Å². The molecule has 0 spiro atoms. The van der Waals surface area contributed by atoms with Gasteiger partial charge >= 0.3 is 5.97 Å².